The van der Waals surface area contributed by atoms with Crippen molar-refractivity contribution in [2.75, 3.05) is 0 Å². The minimum Gasteiger partial charge on any atom is -0.0856 e. The smallest absolute Gasteiger partial charge is 0.0283 e. The van der Waals surface area contributed by atoms with E-state index in [0.29, 0.717) is 0 Å². The van der Waals surface area contributed by atoms with Gasteiger partial charge in [-0.3, -0.25) is 0 Å². The van der Waals surface area contributed by atoms with Crippen LogP contribution in [0.1, 0.15) is 65.2 Å². The van der Waals surface area contributed by atoms with Crippen LogP contribution >= 0.6 is 0 Å². The minimum atomic E-state index is 1.23. The number of hydrogen-bond acceptors (Lipinski definition) is 0. The van der Waals surface area contributed by atoms with Crippen molar-refractivity contribution in [2.24, 2.45) is 0 Å². The van der Waals surface area contributed by atoms with Crippen molar-refractivity contribution in [3.8, 4) is 0 Å². The highest BCUT2D eigenvalue weighted by atomic mass is 14.1. The highest BCUT2D eigenvalue weighted by Gasteiger charge is 2.08. The Labute approximate surface area is 89.1 Å². The molecule has 0 atom stereocenters. The highest BCUT2D eigenvalue weighted by Crippen LogP contribution is 2.28. The Kier molecular flexibility index (Phi) is 5.66. The summed E-state index contributed by atoms with van der Waals surface area (Å²) in [4.78, 5) is 0. The topological polar surface area (TPSA) is 0 Å². The Morgan fingerprint density at radius 1 is 0.929 bits per heavy atom. The van der Waals surface area contributed by atoms with Crippen LogP contribution in [0.15, 0.2) is 23.3 Å². The zero-order valence-electron chi connectivity index (χ0n) is 9.81. The minimum absolute atomic E-state index is 1.23. The van der Waals surface area contributed by atoms with Gasteiger partial charge in [0.15, 0.2) is 0 Å². The fraction of sp³-hybridized carbons (Fsp3) is 0.714. The third-order valence-corrected chi connectivity index (χ3v) is 2.56. The summed E-state index contributed by atoms with van der Waals surface area (Å²) in [5.74, 6) is 0. The van der Waals surface area contributed by atoms with Gasteiger partial charge in [-0.1, -0.05) is 50.0 Å². The van der Waals surface area contributed by atoms with Crippen molar-refractivity contribution >= 4 is 0 Å². The predicted octanol–water partition coefficient (Wildman–Crippen LogP) is 5.01. The molecule has 0 aliphatic heterocycles. The van der Waals surface area contributed by atoms with E-state index in [1.165, 1.54) is 51.4 Å². The summed E-state index contributed by atoms with van der Waals surface area (Å²) in [6.07, 6.45) is 15.5. The molecule has 0 saturated heterocycles. The van der Waals surface area contributed by atoms with E-state index < -0.39 is 0 Å². The van der Waals surface area contributed by atoms with Crippen LogP contribution in [0.5, 0.6) is 0 Å². The van der Waals surface area contributed by atoms with Gasteiger partial charge < -0.3 is 0 Å². The van der Waals surface area contributed by atoms with Crippen LogP contribution in [-0.2, 0) is 0 Å². The van der Waals surface area contributed by atoms with E-state index in [2.05, 4.69) is 26.0 Å². The molecule has 0 amide bonds. The van der Waals surface area contributed by atoms with Gasteiger partial charge in [0.05, 0.1) is 0 Å². The molecule has 0 aromatic carbocycles. The molecular formula is C14H24. The number of rotatable bonds is 4. The van der Waals surface area contributed by atoms with Gasteiger partial charge in [0.25, 0.3) is 0 Å². The molecule has 0 N–H and O–H groups in total. The van der Waals surface area contributed by atoms with E-state index in [0.717, 1.165) is 0 Å². The van der Waals surface area contributed by atoms with Crippen LogP contribution in [0.25, 0.3) is 0 Å². The first-order valence-corrected chi connectivity index (χ1v) is 6.22. The summed E-state index contributed by atoms with van der Waals surface area (Å²) in [6, 6.07) is 0. The third-order valence-electron chi connectivity index (χ3n) is 2.56. The van der Waals surface area contributed by atoms with E-state index in [1.807, 2.05) is 0 Å². The molecule has 2 rings (SSSR count). The molecule has 2 aliphatic rings. The molecule has 0 radical (unpaired) electrons. The number of hydrogen-bond donors (Lipinski definition) is 0. The second-order valence-corrected chi connectivity index (χ2v) is 4.28. The molecule has 14 heavy (non-hydrogen) atoms. The Morgan fingerprint density at radius 2 is 1.50 bits per heavy atom. The zero-order valence-corrected chi connectivity index (χ0v) is 9.81. The molecule has 0 heteroatoms. The van der Waals surface area contributed by atoms with Crippen molar-refractivity contribution in [1.82, 2.24) is 0 Å². The first-order valence-electron chi connectivity index (χ1n) is 6.22. The average Bonchev–Trinajstić information content (AvgIpc) is 3.01. The first kappa shape index (κ1) is 11.6. The Morgan fingerprint density at radius 3 is 1.86 bits per heavy atom. The summed E-state index contributed by atoms with van der Waals surface area (Å²) in [5.41, 5.74) is 3.36. The molecule has 0 spiro atoms. The molecule has 2 fully saturated rings. The van der Waals surface area contributed by atoms with Gasteiger partial charge in [-0.2, -0.15) is 0 Å². The standard InChI is InChI=1S/C8H14.C6H10/c1-2-3-4-5-8-6-7-8;1-2-3-6-4-5-6/h5H,2-4,6-7H2,1H3;3H,2,4-5H2,1H3. The summed E-state index contributed by atoms with van der Waals surface area (Å²) in [7, 11) is 0. The van der Waals surface area contributed by atoms with Crippen LogP contribution in [0, 0.1) is 0 Å². The van der Waals surface area contributed by atoms with Gasteiger partial charge in [-0.25, -0.2) is 0 Å². The lowest BCUT2D eigenvalue weighted by Gasteiger charge is -1.84. The lowest BCUT2D eigenvalue weighted by atomic mass is 10.2. The second-order valence-electron chi connectivity index (χ2n) is 4.28. The lowest BCUT2D eigenvalue weighted by Crippen LogP contribution is -1.64. The molecule has 0 bridgehead atoms. The van der Waals surface area contributed by atoms with E-state index in [1.54, 1.807) is 11.1 Å². The number of allylic oxidation sites excluding steroid dienone is 4. The van der Waals surface area contributed by atoms with Crippen LogP contribution in [0.2, 0.25) is 0 Å². The van der Waals surface area contributed by atoms with Crippen molar-refractivity contribution < 1.29 is 0 Å². The summed E-state index contributed by atoms with van der Waals surface area (Å²) < 4.78 is 0. The molecule has 0 aromatic rings. The largest absolute Gasteiger partial charge is 0.0856 e. The van der Waals surface area contributed by atoms with Gasteiger partial charge >= 0.3 is 0 Å². The molecule has 0 heterocycles. The maximum atomic E-state index is 2.41. The molecule has 80 valence electrons. The van der Waals surface area contributed by atoms with Crippen LogP contribution < -0.4 is 0 Å². The van der Waals surface area contributed by atoms with Crippen LogP contribution in [0.3, 0.4) is 0 Å². The fourth-order valence-corrected chi connectivity index (χ4v) is 1.35. The van der Waals surface area contributed by atoms with Gasteiger partial charge in [-0.05, 0) is 38.5 Å². The second kappa shape index (κ2) is 6.86. The Hall–Kier alpha value is -0.520. The summed E-state index contributed by atoms with van der Waals surface area (Å²) >= 11 is 0. The molecule has 2 saturated carbocycles. The van der Waals surface area contributed by atoms with Gasteiger partial charge in [0.2, 0.25) is 0 Å². The quantitative estimate of drug-likeness (QED) is 0.433. The van der Waals surface area contributed by atoms with Gasteiger partial charge in [0.1, 0.15) is 0 Å². The predicted molar refractivity (Wildman–Crippen MR) is 64.5 cm³/mol. The summed E-state index contributed by atoms with van der Waals surface area (Å²) in [6.45, 7) is 4.43. The molecule has 0 aromatic heterocycles. The maximum absolute atomic E-state index is 2.41. The van der Waals surface area contributed by atoms with E-state index in [9.17, 15) is 0 Å². The SMILES string of the molecule is CCC=C1CC1.CCCCC=C1CC1. The maximum Gasteiger partial charge on any atom is -0.0283 e. The summed E-state index contributed by atoms with van der Waals surface area (Å²) in [5, 5.41) is 0. The normalized spacial score (nSPS) is 17.0. The van der Waals surface area contributed by atoms with Crippen molar-refractivity contribution in [3.63, 3.8) is 0 Å². The van der Waals surface area contributed by atoms with Gasteiger partial charge in [-0.15, -0.1) is 0 Å². The Balaban J connectivity index is 0.000000146. The van der Waals surface area contributed by atoms with Crippen molar-refractivity contribution in [2.45, 2.75) is 65.2 Å². The first-order chi connectivity index (χ1) is 6.86. The lowest BCUT2D eigenvalue weighted by molar-refractivity contribution is 0.813. The average molecular weight is 192 g/mol. The van der Waals surface area contributed by atoms with Gasteiger partial charge in [0, 0.05) is 0 Å². The van der Waals surface area contributed by atoms with Crippen LogP contribution in [-0.4, -0.2) is 0 Å². The fourth-order valence-electron chi connectivity index (χ4n) is 1.35. The number of unbranched alkanes of at least 4 members (excludes halogenated alkanes) is 2. The molecular weight excluding hydrogens is 168 g/mol. The van der Waals surface area contributed by atoms with Crippen molar-refractivity contribution in [3.05, 3.63) is 23.3 Å². The molecule has 2 aliphatic carbocycles. The third kappa shape index (κ3) is 6.94. The Bertz CT molecular complexity index is 196. The van der Waals surface area contributed by atoms with Crippen LogP contribution in [0.4, 0.5) is 0 Å². The monoisotopic (exact) mass is 192 g/mol. The molecule has 0 nitrogen and oxygen atoms in total. The van der Waals surface area contributed by atoms with Crippen molar-refractivity contribution in [1.29, 1.82) is 0 Å². The molecule has 0 unspecified atom stereocenters. The van der Waals surface area contributed by atoms with E-state index in [4.69, 9.17) is 0 Å². The van der Waals surface area contributed by atoms with E-state index >= 15 is 0 Å². The highest BCUT2D eigenvalue weighted by molar-refractivity contribution is 5.16. The zero-order chi connectivity index (χ0) is 10.2. The van der Waals surface area contributed by atoms with E-state index in [-0.39, 0.29) is 0 Å².